The maximum atomic E-state index is 12.7. The standard InChI is InChI=1S/C22H22ClN5O5S/c23-15-3-1-14(2-4-15)11-27-19(26-20(31)28(22(27)32)17(12-29)13-30)25-16-5-7-18(8-6-16)33-21-24-9-10-34-21/h1-10,17,22,29-30,32H,11-13H2,(H,25,26,31). The van der Waals surface area contributed by atoms with Crippen molar-refractivity contribution in [1.29, 1.82) is 0 Å². The van der Waals surface area contributed by atoms with Crippen LogP contribution in [0.15, 0.2) is 65.1 Å². The van der Waals surface area contributed by atoms with Gasteiger partial charge in [0.05, 0.1) is 31.5 Å². The first-order valence-corrected chi connectivity index (χ1v) is 11.5. The van der Waals surface area contributed by atoms with Crippen LogP contribution >= 0.6 is 22.9 Å². The van der Waals surface area contributed by atoms with Crippen LogP contribution in [0.25, 0.3) is 0 Å². The van der Waals surface area contributed by atoms with E-state index < -0.39 is 31.6 Å². The Morgan fingerprint density at radius 1 is 1.15 bits per heavy atom. The summed E-state index contributed by atoms with van der Waals surface area (Å²) in [7, 11) is 0. The van der Waals surface area contributed by atoms with E-state index in [2.05, 4.69) is 15.3 Å². The third kappa shape index (κ3) is 5.46. The molecule has 1 aliphatic rings. The average molecular weight is 504 g/mol. The number of rotatable bonds is 8. The maximum Gasteiger partial charge on any atom is 0.328 e. The van der Waals surface area contributed by atoms with E-state index in [-0.39, 0.29) is 12.5 Å². The van der Waals surface area contributed by atoms with Gasteiger partial charge in [-0.3, -0.25) is 15.1 Å². The number of hydrogen-bond donors (Lipinski definition) is 4. The van der Waals surface area contributed by atoms with Gasteiger partial charge in [0, 0.05) is 16.6 Å². The molecule has 0 spiro atoms. The number of aromatic nitrogens is 1. The van der Waals surface area contributed by atoms with Crippen molar-refractivity contribution in [3.8, 4) is 10.9 Å². The zero-order valence-electron chi connectivity index (χ0n) is 17.8. The van der Waals surface area contributed by atoms with Crippen LogP contribution in [0.2, 0.25) is 5.02 Å². The quantitative estimate of drug-likeness (QED) is 0.371. The van der Waals surface area contributed by atoms with Gasteiger partial charge in [0.15, 0.2) is 0 Å². The lowest BCUT2D eigenvalue weighted by atomic mass is 10.2. The number of ether oxygens (including phenoxy) is 1. The number of carbonyl (C=O) groups excluding carboxylic acids is 1. The van der Waals surface area contributed by atoms with Crippen LogP contribution in [-0.4, -0.2) is 67.7 Å². The Balaban J connectivity index is 1.61. The van der Waals surface area contributed by atoms with E-state index in [1.165, 1.54) is 16.2 Å². The van der Waals surface area contributed by atoms with Gasteiger partial charge in [0.2, 0.25) is 12.3 Å². The number of guanidine groups is 1. The molecule has 2 amide bonds. The van der Waals surface area contributed by atoms with Gasteiger partial charge in [-0.1, -0.05) is 35.1 Å². The Bertz CT molecular complexity index is 1120. The second-order valence-electron chi connectivity index (χ2n) is 7.29. The number of aliphatic hydroxyl groups is 3. The minimum Gasteiger partial charge on any atom is -0.431 e. The smallest absolute Gasteiger partial charge is 0.328 e. The monoisotopic (exact) mass is 503 g/mol. The predicted molar refractivity (Wildman–Crippen MR) is 127 cm³/mol. The molecule has 178 valence electrons. The molecule has 34 heavy (non-hydrogen) atoms. The summed E-state index contributed by atoms with van der Waals surface area (Å²) < 4.78 is 5.65. The summed E-state index contributed by atoms with van der Waals surface area (Å²) in [6.45, 7) is -0.881. The zero-order chi connectivity index (χ0) is 24.1. The molecule has 0 saturated carbocycles. The molecular weight excluding hydrogens is 482 g/mol. The molecule has 0 aliphatic carbocycles. The Morgan fingerprint density at radius 2 is 1.85 bits per heavy atom. The number of nitrogens with one attached hydrogen (secondary N) is 1. The molecule has 10 nitrogen and oxygen atoms in total. The highest BCUT2D eigenvalue weighted by Crippen LogP contribution is 2.26. The number of amides is 2. The molecule has 12 heteroatoms. The van der Waals surface area contributed by atoms with Crippen LogP contribution < -0.4 is 10.1 Å². The second kappa shape index (κ2) is 10.8. The highest BCUT2D eigenvalue weighted by molar-refractivity contribution is 7.11. The van der Waals surface area contributed by atoms with Gasteiger partial charge in [0.25, 0.3) is 5.19 Å². The van der Waals surface area contributed by atoms with E-state index in [0.717, 1.165) is 10.5 Å². The average Bonchev–Trinajstić information content (AvgIpc) is 3.35. The van der Waals surface area contributed by atoms with E-state index >= 15 is 0 Å². The molecular formula is C22H22ClN5O5S. The molecule has 1 saturated heterocycles. The van der Waals surface area contributed by atoms with E-state index in [0.29, 0.717) is 21.7 Å². The SMILES string of the molecule is O=C1NC(=Nc2ccc(Oc3nccs3)cc2)N(Cc2ccc(Cl)cc2)C(O)N1C(CO)CO. The number of halogens is 1. The number of urea groups is 1. The fourth-order valence-corrected chi connectivity index (χ4v) is 3.92. The lowest BCUT2D eigenvalue weighted by Crippen LogP contribution is -2.68. The molecule has 0 radical (unpaired) electrons. The van der Waals surface area contributed by atoms with E-state index in [4.69, 9.17) is 16.3 Å². The fourth-order valence-electron chi connectivity index (χ4n) is 3.29. The van der Waals surface area contributed by atoms with Crippen LogP contribution in [-0.2, 0) is 6.54 Å². The van der Waals surface area contributed by atoms with Gasteiger partial charge >= 0.3 is 6.03 Å². The molecule has 3 aromatic rings. The highest BCUT2D eigenvalue weighted by atomic mass is 35.5. The summed E-state index contributed by atoms with van der Waals surface area (Å²) in [5, 5.41) is 35.7. The number of aliphatic imine (C=N–C) groups is 1. The number of thiazole rings is 1. The second-order valence-corrected chi connectivity index (χ2v) is 8.58. The first-order valence-electron chi connectivity index (χ1n) is 10.2. The van der Waals surface area contributed by atoms with Crippen molar-refractivity contribution in [2.24, 2.45) is 4.99 Å². The largest absolute Gasteiger partial charge is 0.431 e. The van der Waals surface area contributed by atoms with Gasteiger partial charge in [-0.15, -0.1) is 0 Å². The van der Waals surface area contributed by atoms with Gasteiger partial charge in [-0.2, -0.15) is 0 Å². The van der Waals surface area contributed by atoms with Crippen molar-refractivity contribution in [1.82, 2.24) is 20.1 Å². The Hall–Kier alpha value is -3.22. The number of carbonyl (C=O) groups is 1. The van der Waals surface area contributed by atoms with E-state index in [9.17, 15) is 20.1 Å². The third-order valence-electron chi connectivity index (χ3n) is 5.02. The summed E-state index contributed by atoms with van der Waals surface area (Å²) in [5.74, 6) is 0.677. The molecule has 2 heterocycles. The fraction of sp³-hybridized carbons (Fsp3) is 0.227. The van der Waals surface area contributed by atoms with Crippen molar-refractivity contribution in [3.05, 3.63) is 70.7 Å². The van der Waals surface area contributed by atoms with Gasteiger partial charge in [-0.25, -0.2) is 14.8 Å². The Kier molecular flexibility index (Phi) is 7.60. The minimum absolute atomic E-state index is 0.104. The van der Waals surface area contributed by atoms with Crippen molar-refractivity contribution in [3.63, 3.8) is 0 Å². The number of hydrogen-bond acceptors (Lipinski definition) is 8. The molecule has 4 N–H and O–H groups in total. The van der Waals surface area contributed by atoms with Crippen LogP contribution in [0, 0.1) is 0 Å². The van der Waals surface area contributed by atoms with Gasteiger partial charge in [0.1, 0.15) is 5.75 Å². The Morgan fingerprint density at radius 3 is 2.47 bits per heavy atom. The van der Waals surface area contributed by atoms with Gasteiger partial charge in [-0.05, 0) is 42.0 Å². The third-order valence-corrected chi connectivity index (χ3v) is 5.92. The number of benzene rings is 2. The van der Waals surface area contributed by atoms with Crippen LogP contribution in [0.4, 0.5) is 10.5 Å². The van der Waals surface area contributed by atoms with Crippen molar-refractivity contribution >= 4 is 40.6 Å². The molecule has 1 fully saturated rings. The molecule has 1 atom stereocenters. The highest BCUT2D eigenvalue weighted by Gasteiger charge is 2.40. The molecule has 1 unspecified atom stereocenters. The van der Waals surface area contributed by atoms with Gasteiger partial charge < -0.3 is 20.1 Å². The summed E-state index contributed by atoms with van der Waals surface area (Å²) in [6.07, 6.45) is 0.161. The van der Waals surface area contributed by atoms with E-state index in [1.54, 1.807) is 54.7 Å². The summed E-state index contributed by atoms with van der Waals surface area (Å²) in [4.78, 5) is 23.7. The van der Waals surface area contributed by atoms with Crippen LogP contribution in [0.5, 0.6) is 10.9 Å². The predicted octanol–water partition coefficient (Wildman–Crippen LogP) is 2.73. The number of nitrogens with zero attached hydrogens (tertiary/aromatic N) is 4. The summed E-state index contributed by atoms with van der Waals surface area (Å²) in [6, 6.07) is 12.1. The Labute approximate surface area is 204 Å². The minimum atomic E-state index is -1.49. The van der Waals surface area contributed by atoms with Crippen molar-refractivity contribution in [2.45, 2.75) is 18.9 Å². The lowest BCUT2D eigenvalue weighted by molar-refractivity contribution is -0.101. The van der Waals surface area contributed by atoms with E-state index in [1.807, 2.05) is 5.38 Å². The molecule has 1 aliphatic heterocycles. The van der Waals surface area contributed by atoms with Crippen molar-refractivity contribution in [2.75, 3.05) is 13.2 Å². The number of aliphatic hydroxyl groups excluding tert-OH is 3. The topological polar surface area (TPSA) is 131 Å². The molecule has 1 aromatic heterocycles. The van der Waals surface area contributed by atoms with Crippen molar-refractivity contribution < 1.29 is 24.9 Å². The normalized spacial score (nSPS) is 17.4. The van der Waals surface area contributed by atoms with Crippen LogP contribution in [0.3, 0.4) is 0 Å². The molecule has 0 bridgehead atoms. The molecule has 2 aromatic carbocycles. The first-order chi connectivity index (χ1) is 16.5. The van der Waals surface area contributed by atoms with Crippen LogP contribution in [0.1, 0.15) is 5.56 Å². The first kappa shape index (κ1) is 23.9. The summed E-state index contributed by atoms with van der Waals surface area (Å²) >= 11 is 7.34. The molecule has 4 rings (SSSR count). The zero-order valence-corrected chi connectivity index (χ0v) is 19.4. The lowest BCUT2D eigenvalue weighted by Gasteiger charge is -2.44. The maximum absolute atomic E-state index is 12.7. The summed E-state index contributed by atoms with van der Waals surface area (Å²) in [5.41, 5.74) is 1.30.